The molecule has 1 rings (SSSR count). The van der Waals surface area contributed by atoms with Gasteiger partial charge in [-0.2, -0.15) is 5.10 Å². The molecule has 132 valence electrons. The highest BCUT2D eigenvalue weighted by atomic mass is 32.2. The number of rotatable bonds is 8. The van der Waals surface area contributed by atoms with Crippen LogP contribution >= 0.6 is 0 Å². The Labute approximate surface area is 139 Å². The molecule has 0 saturated carbocycles. The van der Waals surface area contributed by atoms with Gasteiger partial charge in [-0.25, -0.2) is 8.42 Å². The lowest BCUT2D eigenvalue weighted by Gasteiger charge is -2.19. The van der Waals surface area contributed by atoms with Gasteiger partial charge in [0, 0.05) is 38.6 Å². The SMILES string of the molecule is CCNC(=NCCCn1cccn1)NCCS(=O)(=O)C(C)(C)C. The fourth-order valence-corrected chi connectivity index (χ4v) is 2.79. The fraction of sp³-hybridized carbons (Fsp3) is 0.733. The van der Waals surface area contributed by atoms with Crippen LogP contribution in [0.4, 0.5) is 0 Å². The number of nitrogens with zero attached hydrogens (tertiary/aromatic N) is 3. The molecule has 0 fully saturated rings. The van der Waals surface area contributed by atoms with E-state index in [1.165, 1.54) is 0 Å². The lowest BCUT2D eigenvalue weighted by molar-refractivity contribution is 0.559. The van der Waals surface area contributed by atoms with Crippen LogP contribution in [0.5, 0.6) is 0 Å². The van der Waals surface area contributed by atoms with Crippen molar-refractivity contribution in [3.05, 3.63) is 18.5 Å². The summed E-state index contributed by atoms with van der Waals surface area (Å²) in [4.78, 5) is 4.45. The zero-order chi connectivity index (χ0) is 17.3. The number of nitrogens with one attached hydrogen (secondary N) is 2. The van der Waals surface area contributed by atoms with Crippen molar-refractivity contribution in [2.24, 2.45) is 4.99 Å². The number of sulfone groups is 1. The minimum Gasteiger partial charge on any atom is -0.357 e. The van der Waals surface area contributed by atoms with Crippen LogP contribution < -0.4 is 10.6 Å². The van der Waals surface area contributed by atoms with E-state index in [0.717, 1.165) is 19.5 Å². The molecule has 0 amide bonds. The van der Waals surface area contributed by atoms with Gasteiger partial charge in [0.1, 0.15) is 0 Å². The molecule has 23 heavy (non-hydrogen) atoms. The second kappa shape index (κ2) is 8.90. The van der Waals surface area contributed by atoms with Crippen molar-refractivity contribution >= 4 is 15.8 Å². The van der Waals surface area contributed by atoms with Crippen molar-refractivity contribution in [3.63, 3.8) is 0 Å². The van der Waals surface area contributed by atoms with Crippen LogP contribution in [0, 0.1) is 0 Å². The summed E-state index contributed by atoms with van der Waals surface area (Å²) in [5, 5.41) is 10.3. The smallest absolute Gasteiger partial charge is 0.191 e. The summed E-state index contributed by atoms with van der Waals surface area (Å²) < 4.78 is 25.3. The fourth-order valence-electron chi connectivity index (χ4n) is 1.81. The highest BCUT2D eigenvalue weighted by Crippen LogP contribution is 2.15. The summed E-state index contributed by atoms with van der Waals surface area (Å²) in [6.45, 7) is 9.69. The van der Waals surface area contributed by atoms with E-state index in [4.69, 9.17) is 0 Å². The first kappa shape index (κ1) is 19.5. The molecule has 1 heterocycles. The molecular formula is C15H29N5O2S. The van der Waals surface area contributed by atoms with Gasteiger partial charge in [0.25, 0.3) is 0 Å². The highest BCUT2D eigenvalue weighted by molar-refractivity contribution is 7.92. The Bertz CT molecular complexity index is 574. The molecule has 0 radical (unpaired) electrons. The predicted molar refractivity (Wildman–Crippen MR) is 94.4 cm³/mol. The van der Waals surface area contributed by atoms with Crippen LogP contribution in [0.1, 0.15) is 34.1 Å². The largest absolute Gasteiger partial charge is 0.357 e. The topological polar surface area (TPSA) is 88.4 Å². The molecule has 0 aliphatic heterocycles. The molecule has 0 bridgehead atoms. The molecule has 7 nitrogen and oxygen atoms in total. The first-order valence-electron chi connectivity index (χ1n) is 7.98. The standard InChI is InChI=1S/C15H29N5O2S/c1-5-16-14(17-8-6-11-20-12-7-9-19-20)18-10-13-23(21,22)15(2,3)4/h7,9,12H,5-6,8,10-11,13H2,1-4H3,(H2,16,17,18). The van der Waals surface area contributed by atoms with Crippen molar-refractivity contribution in [1.29, 1.82) is 0 Å². The normalized spacial score (nSPS) is 13.1. The van der Waals surface area contributed by atoms with E-state index in [1.54, 1.807) is 27.0 Å². The molecule has 0 unspecified atom stereocenters. The Morgan fingerprint density at radius 2 is 2.04 bits per heavy atom. The van der Waals surface area contributed by atoms with Gasteiger partial charge in [0.15, 0.2) is 15.8 Å². The Balaban J connectivity index is 2.40. The van der Waals surface area contributed by atoms with Gasteiger partial charge in [-0.3, -0.25) is 9.67 Å². The molecule has 8 heteroatoms. The van der Waals surface area contributed by atoms with E-state index < -0.39 is 14.6 Å². The van der Waals surface area contributed by atoms with Gasteiger partial charge >= 0.3 is 0 Å². The summed E-state index contributed by atoms with van der Waals surface area (Å²) in [5.74, 6) is 0.742. The zero-order valence-corrected chi connectivity index (χ0v) is 15.4. The maximum absolute atomic E-state index is 12.1. The van der Waals surface area contributed by atoms with Crippen molar-refractivity contribution in [2.75, 3.05) is 25.4 Å². The number of aromatic nitrogens is 2. The van der Waals surface area contributed by atoms with Gasteiger partial charge in [0.05, 0.1) is 10.5 Å². The Kier molecular flexibility index (Phi) is 7.54. The third-order valence-electron chi connectivity index (χ3n) is 3.31. The highest BCUT2D eigenvalue weighted by Gasteiger charge is 2.28. The van der Waals surface area contributed by atoms with Crippen molar-refractivity contribution in [3.8, 4) is 0 Å². The second-order valence-electron chi connectivity index (χ2n) is 6.24. The Morgan fingerprint density at radius 1 is 1.30 bits per heavy atom. The molecule has 2 N–H and O–H groups in total. The van der Waals surface area contributed by atoms with Gasteiger partial charge in [0.2, 0.25) is 0 Å². The molecular weight excluding hydrogens is 314 g/mol. The van der Waals surface area contributed by atoms with Crippen LogP contribution in [0.2, 0.25) is 0 Å². The lowest BCUT2D eigenvalue weighted by atomic mass is 10.3. The van der Waals surface area contributed by atoms with E-state index in [1.807, 2.05) is 23.9 Å². The third kappa shape index (κ3) is 7.02. The van der Waals surface area contributed by atoms with Gasteiger partial charge in [-0.1, -0.05) is 0 Å². The predicted octanol–water partition coefficient (Wildman–Crippen LogP) is 1.04. The molecule has 0 spiro atoms. The summed E-state index contributed by atoms with van der Waals surface area (Å²) in [5.41, 5.74) is 0. The minimum atomic E-state index is -3.12. The summed E-state index contributed by atoms with van der Waals surface area (Å²) in [6.07, 6.45) is 4.55. The quantitative estimate of drug-likeness (QED) is 0.418. The average molecular weight is 343 g/mol. The summed E-state index contributed by atoms with van der Waals surface area (Å²) in [7, 11) is -3.12. The molecule has 0 saturated heterocycles. The van der Waals surface area contributed by atoms with E-state index in [2.05, 4.69) is 20.7 Å². The molecule has 1 aromatic heterocycles. The van der Waals surface area contributed by atoms with Gasteiger partial charge < -0.3 is 10.6 Å². The van der Waals surface area contributed by atoms with Crippen LogP contribution in [-0.4, -0.2) is 54.3 Å². The lowest BCUT2D eigenvalue weighted by Crippen LogP contribution is -2.41. The van der Waals surface area contributed by atoms with E-state index >= 15 is 0 Å². The molecule has 0 aliphatic rings. The number of aliphatic imine (C=N–C) groups is 1. The van der Waals surface area contributed by atoms with E-state index in [-0.39, 0.29) is 5.75 Å². The first-order chi connectivity index (χ1) is 10.8. The first-order valence-corrected chi connectivity index (χ1v) is 9.63. The molecule has 0 aromatic carbocycles. The third-order valence-corrected chi connectivity index (χ3v) is 5.92. The molecule has 0 atom stereocenters. The van der Waals surface area contributed by atoms with Crippen LogP contribution in [-0.2, 0) is 16.4 Å². The monoisotopic (exact) mass is 343 g/mol. The van der Waals surface area contributed by atoms with Crippen LogP contribution in [0.15, 0.2) is 23.5 Å². The van der Waals surface area contributed by atoms with Crippen molar-refractivity contribution < 1.29 is 8.42 Å². The summed E-state index contributed by atoms with van der Waals surface area (Å²) in [6, 6.07) is 1.89. The van der Waals surface area contributed by atoms with E-state index in [9.17, 15) is 8.42 Å². The maximum Gasteiger partial charge on any atom is 0.191 e. The number of guanidine groups is 1. The van der Waals surface area contributed by atoms with Crippen molar-refractivity contribution in [2.45, 2.75) is 45.4 Å². The Hall–Kier alpha value is -1.57. The van der Waals surface area contributed by atoms with Gasteiger partial charge in [-0.15, -0.1) is 0 Å². The Morgan fingerprint density at radius 3 is 2.61 bits per heavy atom. The molecule has 0 aliphatic carbocycles. The maximum atomic E-state index is 12.1. The number of hydrogen-bond donors (Lipinski definition) is 2. The number of hydrogen-bond acceptors (Lipinski definition) is 4. The second-order valence-corrected chi connectivity index (χ2v) is 9.10. The van der Waals surface area contributed by atoms with E-state index in [0.29, 0.717) is 19.0 Å². The number of aryl methyl sites for hydroxylation is 1. The van der Waals surface area contributed by atoms with Gasteiger partial charge in [-0.05, 0) is 40.2 Å². The zero-order valence-electron chi connectivity index (χ0n) is 14.5. The van der Waals surface area contributed by atoms with Crippen molar-refractivity contribution in [1.82, 2.24) is 20.4 Å². The molecule has 1 aromatic rings. The van der Waals surface area contributed by atoms with Crippen LogP contribution in [0.25, 0.3) is 0 Å². The van der Waals surface area contributed by atoms with Crippen LogP contribution in [0.3, 0.4) is 0 Å². The minimum absolute atomic E-state index is 0.0915. The summed E-state index contributed by atoms with van der Waals surface area (Å²) >= 11 is 0. The average Bonchev–Trinajstić information content (AvgIpc) is 2.95.